The Hall–Kier alpha value is -4.76. The van der Waals surface area contributed by atoms with Gasteiger partial charge in [-0.25, -0.2) is 9.59 Å². The maximum absolute atomic E-state index is 13.4. The molecule has 0 spiro atoms. The third kappa shape index (κ3) is 11.6. The Morgan fingerprint density at radius 3 is 2.09 bits per heavy atom. The maximum Gasteiger partial charge on any atom is 0.408 e. The molecule has 16 nitrogen and oxygen atoms in total. The molecule has 2 rings (SSSR count). The van der Waals surface area contributed by atoms with Crippen molar-refractivity contribution in [3.8, 4) is 5.75 Å². The smallest absolute Gasteiger partial charge is 0.408 e. The summed E-state index contributed by atoms with van der Waals surface area (Å²) < 4.78 is 10.3. The normalized spacial score (nSPS) is 15.8. The molecule has 1 fully saturated rings. The van der Waals surface area contributed by atoms with Crippen molar-refractivity contribution in [3.63, 3.8) is 0 Å². The van der Waals surface area contributed by atoms with E-state index < -0.39 is 83.3 Å². The maximum atomic E-state index is 13.4. The minimum Gasteiger partial charge on any atom is -0.444 e. The van der Waals surface area contributed by atoms with E-state index in [1.54, 1.807) is 48.5 Å². The van der Waals surface area contributed by atoms with Gasteiger partial charge in [0, 0.05) is 18.7 Å². The number of esters is 1. The zero-order chi connectivity index (χ0) is 34.8. The number of alkyl carbamates (subject to hydrolysis) is 1. The minimum absolute atomic E-state index is 0.0517. The predicted octanol–water partition coefficient (Wildman–Crippen LogP) is 1.41. The summed E-state index contributed by atoms with van der Waals surface area (Å²) >= 11 is 0. The molecule has 1 aromatic rings. The summed E-state index contributed by atoms with van der Waals surface area (Å²) in [7, 11) is 0. The van der Waals surface area contributed by atoms with Crippen molar-refractivity contribution in [2.75, 3.05) is 19.6 Å². The van der Waals surface area contributed by atoms with Crippen LogP contribution in [-0.4, -0.2) is 88.9 Å². The summed E-state index contributed by atoms with van der Waals surface area (Å²) in [5.41, 5.74) is -0.940. The van der Waals surface area contributed by atoms with Crippen LogP contribution in [0.3, 0.4) is 0 Å². The number of carbonyl (C=O) groups excluding carboxylic acids is 6. The predicted molar refractivity (Wildman–Crippen MR) is 164 cm³/mol. The van der Waals surface area contributed by atoms with Gasteiger partial charge in [-0.2, -0.15) is 0 Å². The number of nitro benzene ring substituents is 1. The third-order valence-electron chi connectivity index (χ3n) is 6.82. The lowest BCUT2D eigenvalue weighted by atomic mass is 10.0. The van der Waals surface area contributed by atoms with Crippen LogP contribution >= 0.6 is 0 Å². The molecule has 0 radical (unpaired) electrons. The van der Waals surface area contributed by atoms with Crippen LogP contribution in [0.1, 0.15) is 61.3 Å². The van der Waals surface area contributed by atoms with Gasteiger partial charge < -0.3 is 35.6 Å². The van der Waals surface area contributed by atoms with E-state index in [9.17, 15) is 38.9 Å². The first-order valence-corrected chi connectivity index (χ1v) is 15.0. The second-order valence-electron chi connectivity index (χ2n) is 12.5. The van der Waals surface area contributed by atoms with Crippen molar-refractivity contribution in [3.05, 3.63) is 34.4 Å². The van der Waals surface area contributed by atoms with Crippen LogP contribution in [0.15, 0.2) is 24.3 Å². The molecular formula is C30H44N6O10. The van der Waals surface area contributed by atoms with E-state index in [0.29, 0.717) is 19.4 Å². The number of carbonyl (C=O) groups is 6. The molecule has 4 N–H and O–H groups in total. The number of ether oxygens (including phenoxy) is 2. The van der Waals surface area contributed by atoms with Crippen LogP contribution in [0.2, 0.25) is 0 Å². The minimum atomic E-state index is -1.05. The molecule has 1 aromatic carbocycles. The van der Waals surface area contributed by atoms with Gasteiger partial charge in [0.1, 0.15) is 36.0 Å². The van der Waals surface area contributed by atoms with E-state index in [4.69, 9.17) is 9.47 Å². The second kappa shape index (κ2) is 16.5. The Bertz CT molecular complexity index is 1290. The van der Waals surface area contributed by atoms with E-state index in [1.807, 2.05) is 0 Å². The number of hydrogen-bond acceptors (Lipinski definition) is 10. The molecule has 5 amide bonds. The number of benzene rings is 1. The Labute approximate surface area is 267 Å². The van der Waals surface area contributed by atoms with Crippen molar-refractivity contribution in [1.82, 2.24) is 26.2 Å². The van der Waals surface area contributed by atoms with Crippen LogP contribution in [0, 0.1) is 22.0 Å². The molecule has 0 aromatic heterocycles. The van der Waals surface area contributed by atoms with Gasteiger partial charge in [-0.1, -0.05) is 27.7 Å². The van der Waals surface area contributed by atoms with Crippen LogP contribution in [0.25, 0.3) is 0 Å². The number of rotatable bonds is 13. The second-order valence-corrected chi connectivity index (χ2v) is 12.5. The Morgan fingerprint density at radius 1 is 0.935 bits per heavy atom. The van der Waals surface area contributed by atoms with E-state index in [-0.39, 0.29) is 17.4 Å². The summed E-state index contributed by atoms with van der Waals surface area (Å²) in [6.45, 7) is 11.3. The van der Waals surface area contributed by atoms with Gasteiger partial charge in [0.15, 0.2) is 0 Å². The molecule has 3 unspecified atom stereocenters. The van der Waals surface area contributed by atoms with Gasteiger partial charge in [0.25, 0.3) is 5.69 Å². The Kier molecular flexibility index (Phi) is 13.4. The van der Waals surface area contributed by atoms with Crippen LogP contribution in [0.5, 0.6) is 5.75 Å². The highest BCUT2D eigenvalue weighted by atomic mass is 16.6. The summed E-state index contributed by atoms with van der Waals surface area (Å²) in [5, 5.41) is 20.8. The summed E-state index contributed by atoms with van der Waals surface area (Å²) in [6, 6.07) is 1.99. The fourth-order valence-electron chi connectivity index (χ4n) is 4.55. The fraction of sp³-hybridized carbons (Fsp3) is 0.600. The molecule has 254 valence electrons. The summed E-state index contributed by atoms with van der Waals surface area (Å²) in [4.78, 5) is 87.9. The topological polar surface area (TPSA) is 215 Å². The third-order valence-corrected chi connectivity index (χ3v) is 6.82. The number of hydrogen-bond donors (Lipinski definition) is 4. The van der Waals surface area contributed by atoms with Crippen LogP contribution in [0.4, 0.5) is 10.5 Å². The van der Waals surface area contributed by atoms with Crippen molar-refractivity contribution in [2.24, 2.45) is 11.8 Å². The van der Waals surface area contributed by atoms with Crippen LogP contribution < -0.4 is 26.0 Å². The first-order valence-electron chi connectivity index (χ1n) is 15.0. The van der Waals surface area contributed by atoms with E-state index >= 15 is 0 Å². The molecular weight excluding hydrogens is 604 g/mol. The molecule has 1 saturated heterocycles. The number of nitro groups is 1. The van der Waals surface area contributed by atoms with Gasteiger partial charge in [0.2, 0.25) is 23.6 Å². The van der Waals surface area contributed by atoms with Gasteiger partial charge in [-0.05, 0) is 57.6 Å². The molecule has 3 atom stereocenters. The highest BCUT2D eigenvalue weighted by Crippen LogP contribution is 2.21. The molecule has 16 heteroatoms. The number of amides is 5. The van der Waals surface area contributed by atoms with Gasteiger partial charge in [-0.15, -0.1) is 0 Å². The Balaban J connectivity index is 1.90. The van der Waals surface area contributed by atoms with Gasteiger partial charge in [-0.3, -0.25) is 29.3 Å². The fourth-order valence-corrected chi connectivity index (χ4v) is 4.55. The van der Waals surface area contributed by atoms with Crippen molar-refractivity contribution in [1.29, 1.82) is 0 Å². The lowest BCUT2D eigenvalue weighted by molar-refractivity contribution is -0.384. The number of non-ortho nitro benzene ring substituents is 1. The average Bonchev–Trinajstić information content (AvgIpc) is 3.45. The lowest BCUT2D eigenvalue weighted by Gasteiger charge is -2.31. The average molecular weight is 649 g/mol. The molecule has 1 aliphatic rings. The van der Waals surface area contributed by atoms with Crippen molar-refractivity contribution < 1.29 is 43.2 Å². The quantitative estimate of drug-likeness (QED) is 0.104. The van der Waals surface area contributed by atoms with Gasteiger partial charge >= 0.3 is 12.1 Å². The van der Waals surface area contributed by atoms with Crippen molar-refractivity contribution >= 4 is 41.4 Å². The van der Waals surface area contributed by atoms with Crippen molar-refractivity contribution in [2.45, 2.75) is 85.0 Å². The first-order chi connectivity index (χ1) is 21.4. The largest absolute Gasteiger partial charge is 0.444 e. The summed E-state index contributed by atoms with van der Waals surface area (Å²) in [5.74, 6) is -3.79. The molecule has 1 aliphatic heterocycles. The number of likely N-dealkylation sites (tertiary alicyclic amines) is 1. The highest BCUT2D eigenvalue weighted by molar-refractivity contribution is 5.95. The summed E-state index contributed by atoms with van der Waals surface area (Å²) in [6.07, 6.45) is 0.167. The zero-order valence-corrected chi connectivity index (χ0v) is 27.2. The highest BCUT2D eigenvalue weighted by Gasteiger charge is 2.39. The molecule has 0 bridgehead atoms. The Morgan fingerprint density at radius 2 is 1.54 bits per heavy atom. The standard InChI is InChI=1S/C30H44N6O10/c1-17(2)24(27(40)32-16-23(38)45-20-12-10-19(11-13-20)36(43)44)33-22(37)15-31-26(39)21-9-8-14-35(21)28(41)25(18(3)4)34-29(42)46-30(5,6)7/h10-13,17-18,21,24-25H,8-9,14-16H2,1-7H3,(H,31,39)(H,32,40)(H,33,37)(H,34,42). The SMILES string of the molecule is CC(C)C(NC(=O)CNC(=O)C1CCCN1C(=O)C(NC(=O)OC(C)(C)C)C(C)C)C(=O)NCC(=O)Oc1ccc([N+](=O)[O-])cc1. The van der Waals surface area contributed by atoms with E-state index in [2.05, 4.69) is 21.3 Å². The van der Waals surface area contributed by atoms with E-state index in [1.165, 1.54) is 29.2 Å². The van der Waals surface area contributed by atoms with E-state index in [0.717, 1.165) is 0 Å². The molecule has 0 aliphatic carbocycles. The van der Waals surface area contributed by atoms with Gasteiger partial charge in [0.05, 0.1) is 11.5 Å². The zero-order valence-electron chi connectivity index (χ0n) is 27.2. The number of nitrogens with one attached hydrogen (secondary N) is 4. The lowest BCUT2D eigenvalue weighted by Crippen LogP contribution is -2.56. The first kappa shape index (κ1) is 37.4. The van der Waals surface area contributed by atoms with Crippen LogP contribution in [-0.2, 0) is 28.7 Å². The molecule has 46 heavy (non-hydrogen) atoms. The number of nitrogens with zero attached hydrogens (tertiary/aromatic N) is 2. The monoisotopic (exact) mass is 648 g/mol. The molecule has 0 saturated carbocycles. The molecule has 1 heterocycles.